The molecular weight excluding hydrogens is 819 g/mol. The second kappa shape index (κ2) is 16.1. The van der Waals surface area contributed by atoms with Gasteiger partial charge in [-0.1, -0.05) is 51.5 Å². The van der Waals surface area contributed by atoms with Crippen molar-refractivity contribution in [2.24, 2.45) is 33.5 Å². The second-order valence-corrected chi connectivity index (χ2v) is 21.1. The smallest absolute Gasteiger partial charge is 0.726 e. The summed E-state index contributed by atoms with van der Waals surface area (Å²) in [6.07, 6.45) is -7.66. The summed E-state index contributed by atoms with van der Waals surface area (Å²) in [5, 5.41) is 78.1. The number of hydrogen-bond donors (Lipinski definition) is 7. The largest absolute Gasteiger partial charge is 1.00 e. The summed E-state index contributed by atoms with van der Waals surface area (Å²) in [7, 11) is -5.30. The van der Waals surface area contributed by atoms with Crippen molar-refractivity contribution in [3.8, 4) is 0 Å². The first-order valence-electron chi connectivity index (χ1n) is 20.8. The van der Waals surface area contributed by atoms with Gasteiger partial charge in [-0.25, -0.2) is 8.42 Å². The number of rotatable bonds is 9. The number of aliphatic hydroxyl groups excluding tert-OH is 5. The van der Waals surface area contributed by atoms with Crippen molar-refractivity contribution in [2.45, 2.75) is 185 Å². The predicted molar refractivity (Wildman–Crippen MR) is 203 cm³/mol. The summed E-state index contributed by atoms with van der Waals surface area (Å²) in [6, 6.07) is 0. The molecule has 0 radical (unpaired) electrons. The van der Waals surface area contributed by atoms with E-state index in [0.29, 0.717) is 32.1 Å². The van der Waals surface area contributed by atoms with Gasteiger partial charge < -0.3 is 64.0 Å². The van der Waals surface area contributed by atoms with Crippen molar-refractivity contribution in [3.63, 3.8) is 0 Å². The average Bonchev–Trinajstić information content (AvgIpc) is 3.48. The molecule has 6 fully saturated rings. The monoisotopic (exact) mass is 882 g/mol. The molecule has 7 rings (SSSR count). The van der Waals surface area contributed by atoms with Crippen molar-refractivity contribution in [1.82, 2.24) is 0 Å². The number of fused-ring (bicyclic) bond motifs is 4. The Balaban J connectivity index is 0.00000604. The van der Waals surface area contributed by atoms with Crippen molar-refractivity contribution >= 4 is 16.4 Å². The van der Waals surface area contributed by atoms with E-state index in [1.165, 1.54) is 6.92 Å². The average molecular weight is 883 g/mol. The zero-order valence-electron chi connectivity index (χ0n) is 36.0. The van der Waals surface area contributed by atoms with E-state index in [1.807, 2.05) is 6.92 Å². The number of hydrogen-bond acceptors (Lipinski definition) is 17. The van der Waals surface area contributed by atoms with Gasteiger partial charge in [0.25, 0.3) is 0 Å². The fourth-order valence-electron chi connectivity index (χ4n) is 12.8. The third-order valence-corrected chi connectivity index (χ3v) is 16.4. The van der Waals surface area contributed by atoms with E-state index in [9.17, 15) is 53.5 Å². The number of carbonyl (C=O) groups excluding carboxylic acids is 1. The van der Waals surface area contributed by atoms with Crippen LogP contribution in [0.4, 0.5) is 0 Å². The summed E-state index contributed by atoms with van der Waals surface area (Å²) in [6.45, 7) is 14.1. The van der Waals surface area contributed by atoms with Gasteiger partial charge in [0.15, 0.2) is 12.6 Å². The van der Waals surface area contributed by atoms with E-state index >= 15 is 0 Å². The van der Waals surface area contributed by atoms with E-state index in [-0.39, 0.29) is 54.2 Å². The Kier molecular flexibility index (Phi) is 13.1. The van der Waals surface area contributed by atoms with Gasteiger partial charge in [-0.15, -0.1) is 0 Å². The number of allylic oxidation sites excluding steroid dienone is 1. The van der Waals surface area contributed by atoms with Crippen molar-refractivity contribution in [1.29, 1.82) is 0 Å². The Hall–Kier alpha value is -0.620. The first-order chi connectivity index (χ1) is 27.1. The molecule has 1 spiro atoms. The van der Waals surface area contributed by atoms with Crippen LogP contribution < -0.4 is 29.6 Å². The van der Waals surface area contributed by atoms with Gasteiger partial charge in [-0.05, 0) is 94.3 Å². The Morgan fingerprint density at radius 3 is 2.23 bits per heavy atom. The van der Waals surface area contributed by atoms with Crippen molar-refractivity contribution in [3.05, 3.63) is 23.8 Å². The minimum absolute atomic E-state index is 0. The van der Waals surface area contributed by atoms with Crippen molar-refractivity contribution in [2.75, 3.05) is 6.61 Å². The minimum atomic E-state index is -5.30. The van der Waals surface area contributed by atoms with E-state index in [4.69, 9.17) is 23.7 Å². The zero-order valence-corrected chi connectivity index (χ0v) is 38.8. The van der Waals surface area contributed by atoms with Gasteiger partial charge in [0.05, 0.1) is 30.5 Å². The van der Waals surface area contributed by atoms with Gasteiger partial charge in [-0.3, -0.25) is 8.98 Å². The molecule has 336 valence electrons. The maximum atomic E-state index is 14.3. The SMILES string of the molecule is C[C@H]1O[C@@H](O[C@H]2[C@H](O[C@H]3CC[C@]4(C)C5=C[C@H](O)[C@]67C(=O)O[C@@](C)(C/C=C/C(C)(C)O)[C@@]6(O)CC[C@@]7(C)[C@@H]5CCC4C3(C)C)OC[C@@H](OS(=O)(=O)[O-])[C@@H]2O)[C@H](O)[C@@H](O)[C@@H]1O.[Na+]. The molecule has 3 aliphatic heterocycles. The first kappa shape index (κ1) is 48.8. The molecule has 3 saturated heterocycles. The van der Waals surface area contributed by atoms with E-state index in [2.05, 4.69) is 25.0 Å². The quantitative estimate of drug-likeness (QED) is 0.0325. The molecule has 4 aliphatic carbocycles. The van der Waals surface area contributed by atoms with Crippen LogP contribution in [0.3, 0.4) is 0 Å². The van der Waals surface area contributed by atoms with Gasteiger partial charge in [0.1, 0.15) is 53.2 Å². The molecule has 0 bridgehead atoms. The topological polar surface area (TPSA) is 271 Å². The molecule has 1 unspecified atom stereocenters. The van der Waals surface area contributed by atoms with Crippen LogP contribution in [0.5, 0.6) is 0 Å². The standard InChI is InChI=1S/C41H64O17S.Na/c1-20-27(43)29(45)30(46)32(54-20)56-31-28(44)23(58-59(50,51)52)19-53-33(31)55-26-12-15-37(6)22-18-25(42)41-34(47)57-39(8,14-9-13-35(2,3)48)40(41,49)17-16-38(41,7)21(22)10-11-24(37)36(26,4)5;/h9,13,18,20-21,23-33,42-46,48-49H,10-12,14-17,19H2,1-8H3,(H,50,51,52);/q;+1/p-1/b13-9+;/t20-,21-,23-,24?,25+,26+,27-,28+,29+,30-,31-,32+,33+,37-,38+,39+,40+,41-;/m1./s1. The molecule has 0 aromatic carbocycles. The summed E-state index contributed by atoms with van der Waals surface area (Å²) in [5.74, 6) is -0.840. The normalized spacial score (nSPS) is 50.2. The molecule has 18 atom stereocenters. The van der Waals surface area contributed by atoms with E-state index in [0.717, 1.165) is 5.57 Å². The van der Waals surface area contributed by atoms with Crippen LogP contribution in [-0.2, 0) is 43.1 Å². The first-order valence-corrected chi connectivity index (χ1v) is 22.1. The Labute approximate surface area is 374 Å². The molecule has 3 heterocycles. The number of cyclic esters (lactones) is 1. The predicted octanol–water partition coefficient (Wildman–Crippen LogP) is -2.15. The van der Waals surface area contributed by atoms with Crippen LogP contribution in [0, 0.1) is 33.5 Å². The van der Waals surface area contributed by atoms with Crippen LogP contribution >= 0.6 is 0 Å². The van der Waals surface area contributed by atoms with E-state index < -0.39 is 129 Å². The summed E-state index contributed by atoms with van der Waals surface area (Å²) >= 11 is 0. The van der Waals surface area contributed by atoms with Crippen LogP contribution in [-0.4, -0.2) is 146 Å². The maximum Gasteiger partial charge on any atom is 1.00 e. The fraction of sp³-hybridized carbons (Fsp3) is 0.878. The summed E-state index contributed by atoms with van der Waals surface area (Å²) in [5.41, 5.74) is -6.71. The van der Waals surface area contributed by atoms with Crippen LogP contribution in [0.2, 0.25) is 0 Å². The molecule has 7 N–H and O–H groups in total. The molecule has 17 nitrogen and oxygen atoms in total. The zero-order chi connectivity index (χ0) is 43.7. The van der Waals surface area contributed by atoms with Crippen LogP contribution in [0.25, 0.3) is 0 Å². The van der Waals surface area contributed by atoms with Gasteiger partial charge in [0.2, 0.25) is 10.4 Å². The number of aliphatic hydroxyl groups is 7. The molecule has 60 heavy (non-hydrogen) atoms. The van der Waals surface area contributed by atoms with Crippen LogP contribution in [0.15, 0.2) is 23.8 Å². The Morgan fingerprint density at radius 1 is 0.933 bits per heavy atom. The van der Waals surface area contributed by atoms with Gasteiger partial charge in [-0.2, -0.15) is 0 Å². The third kappa shape index (κ3) is 7.36. The molecule has 19 heteroatoms. The Morgan fingerprint density at radius 2 is 1.60 bits per heavy atom. The number of carbonyl (C=O) groups is 1. The second-order valence-electron chi connectivity index (χ2n) is 20.1. The fourth-order valence-corrected chi connectivity index (χ4v) is 13.3. The van der Waals surface area contributed by atoms with E-state index in [1.54, 1.807) is 39.0 Å². The van der Waals surface area contributed by atoms with Gasteiger partial charge in [0, 0.05) is 6.42 Å². The van der Waals surface area contributed by atoms with Crippen LogP contribution in [0.1, 0.15) is 100 Å². The summed E-state index contributed by atoms with van der Waals surface area (Å²) in [4.78, 5) is 14.3. The molecular formula is C41H63NaO17S. The summed E-state index contributed by atoms with van der Waals surface area (Å²) < 4.78 is 69.4. The van der Waals surface area contributed by atoms with Gasteiger partial charge >= 0.3 is 35.5 Å². The molecule has 7 aliphatic rings. The minimum Gasteiger partial charge on any atom is -0.726 e. The molecule has 3 saturated carbocycles. The van der Waals surface area contributed by atoms with Crippen molar-refractivity contribution < 1.29 is 111 Å². The molecule has 0 aromatic rings. The number of esters is 1. The maximum absolute atomic E-state index is 14.3. The number of ether oxygens (including phenoxy) is 5. The third-order valence-electron chi connectivity index (χ3n) is 15.9. The molecule has 0 amide bonds. The molecule has 0 aromatic heterocycles. The Bertz CT molecular complexity index is 1820.